The first-order valence-electron chi connectivity index (χ1n) is 17.0. The number of fused-ring (bicyclic) bond motifs is 5. The normalized spacial score (nSPS) is 23.5. The Morgan fingerprint density at radius 1 is 1.10 bits per heavy atom. The quantitative estimate of drug-likeness (QED) is 0.194. The molecule has 0 spiro atoms. The largest absolute Gasteiger partial charge is 0.508 e. The Kier molecular flexibility index (Phi) is 8.33. The highest BCUT2D eigenvalue weighted by Gasteiger charge is 2.67. The number of carbonyl (C=O) groups excluding carboxylic acids is 2. The molecule has 8 nitrogen and oxygen atoms in total. The maximum atomic E-state index is 16.4. The Morgan fingerprint density at radius 3 is 2.46 bits per heavy atom. The van der Waals surface area contributed by atoms with Crippen LogP contribution in [0.1, 0.15) is 76.4 Å². The van der Waals surface area contributed by atoms with E-state index < -0.39 is 54.9 Å². The number of nitrogens with zero attached hydrogens (tertiary/aromatic N) is 2. The van der Waals surface area contributed by atoms with Crippen molar-refractivity contribution in [2.24, 2.45) is 11.8 Å². The lowest BCUT2D eigenvalue weighted by atomic mass is 9.58. The molecule has 1 N–H and O–H groups in total. The molecule has 262 valence electrons. The fourth-order valence-corrected chi connectivity index (χ4v) is 9.82. The van der Waals surface area contributed by atoms with Crippen LogP contribution in [0.4, 0.5) is 4.39 Å². The summed E-state index contributed by atoms with van der Waals surface area (Å²) in [6, 6.07) is 14.2. The summed E-state index contributed by atoms with van der Waals surface area (Å²) in [6.45, 7) is 12.2. The van der Waals surface area contributed by atoms with Gasteiger partial charge in [-0.15, -0.1) is 0 Å². The number of hydrogen-bond donors (Lipinski definition) is 1. The molecule has 0 fully saturated rings. The van der Waals surface area contributed by atoms with Gasteiger partial charge in [0.1, 0.15) is 23.7 Å². The van der Waals surface area contributed by atoms with Crippen molar-refractivity contribution in [1.82, 2.24) is 10.1 Å². The number of hydrogen-bond acceptors (Lipinski definition) is 8. The average Bonchev–Trinajstić information content (AvgIpc) is 3.47. The minimum absolute atomic E-state index is 0.00700. The van der Waals surface area contributed by atoms with E-state index in [1.54, 1.807) is 18.2 Å². The number of ketones is 2. The van der Waals surface area contributed by atoms with E-state index in [9.17, 15) is 9.90 Å². The number of aliphatic hydroxyl groups excluding tert-OH is 1. The monoisotopic (exact) mass is 760 g/mol. The van der Waals surface area contributed by atoms with Crippen molar-refractivity contribution in [2.45, 2.75) is 76.9 Å². The highest BCUT2D eigenvalue weighted by molar-refractivity contribution is 9.10. The first-order chi connectivity index (χ1) is 23.5. The minimum Gasteiger partial charge on any atom is -0.508 e. The summed E-state index contributed by atoms with van der Waals surface area (Å²) in [5.74, 6) is -2.78. The minimum atomic E-state index is -2.86. The number of allylic oxidation sites excluding steroid dienone is 1. The molecule has 0 amide bonds. The number of aromatic nitrogens is 1. The summed E-state index contributed by atoms with van der Waals surface area (Å²) in [7, 11) is 0.887. The second-order valence-corrected chi connectivity index (χ2v) is 21.3. The summed E-state index contributed by atoms with van der Waals surface area (Å²) >= 11 is 3.49. The van der Waals surface area contributed by atoms with Crippen LogP contribution >= 0.6 is 15.9 Å². The van der Waals surface area contributed by atoms with Gasteiger partial charge in [0.05, 0.1) is 6.04 Å². The van der Waals surface area contributed by atoms with Gasteiger partial charge in [0.2, 0.25) is 5.78 Å². The van der Waals surface area contributed by atoms with Gasteiger partial charge in [0.25, 0.3) is 5.88 Å². The number of rotatable bonds is 6. The molecular weight excluding hydrogens is 719 g/mol. The van der Waals surface area contributed by atoms with Gasteiger partial charge >= 0.3 is 0 Å². The molecule has 4 atom stereocenters. The van der Waals surface area contributed by atoms with Gasteiger partial charge in [-0.05, 0) is 91.7 Å². The Morgan fingerprint density at radius 2 is 1.80 bits per heavy atom. The Bertz CT molecular complexity index is 2100. The van der Waals surface area contributed by atoms with Crippen LogP contribution in [0, 0.1) is 24.6 Å². The highest BCUT2D eigenvalue weighted by Crippen LogP contribution is 2.59. The van der Waals surface area contributed by atoms with E-state index in [-0.39, 0.29) is 47.1 Å². The summed E-state index contributed by atoms with van der Waals surface area (Å²) < 4.78 is 36.4. The van der Waals surface area contributed by atoms with Crippen molar-refractivity contribution >= 4 is 46.6 Å². The SMILES string of the molecule is Cc1c2c(c(F)c3ccc(Br)cc13)C[C@H]1C[C@H]3[C@H](N(C)C)c4onc(OCc5ccccc5)c4C(=O)[C@@]3(O[Si](C)(C)C(C)(C)C)C(O)=C1C2=O. The third-order valence-electron chi connectivity index (χ3n) is 11.5. The van der Waals surface area contributed by atoms with Crippen molar-refractivity contribution in [3.63, 3.8) is 0 Å². The molecule has 11 heteroatoms. The van der Waals surface area contributed by atoms with Crippen molar-refractivity contribution in [2.75, 3.05) is 14.1 Å². The third kappa shape index (κ3) is 5.06. The lowest BCUT2D eigenvalue weighted by Gasteiger charge is -2.55. The number of benzene rings is 3. The first kappa shape index (κ1) is 34.8. The van der Waals surface area contributed by atoms with Crippen molar-refractivity contribution < 1.29 is 32.8 Å². The van der Waals surface area contributed by atoms with Crippen LogP contribution in [-0.2, 0) is 17.5 Å². The first-order valence-corrected chi connectivity index (χ1v) is 20.7. The third-order valence-corrected chi connectivity index (χ3v) is 16.4. The van der Waals surface area contributed by atoms with Gasteiger partial charge < -0.3 is 18.8 Å². The molecule has 3 aliphatic rings. The fraction of sp³-hybridized carbons (Fsp3) is 0.410. The predicted molar refractivity (Wildman–Crippen MR) is 195 cm³/mol. The van der Waals surface area contributed by atoms with Gasteiger partial charge in [0, 0.05) is 32.5 Å². The average molecular weight is 762 g/mol. The van der Waals surface area contributed by atoms with E-state index in [0.29, 0.717) is 27.7 Å². The van der Waals surface area contributed by atoms with Gasteiger partial charge in [0.15, 0.2) is 25.5 Å². The molecule has 0 unspecified atom stereocenters. The molecule has 3 aromatic carbocycles. The number of halogens is 2. The van der Waals surface area contributed by atoms with Crippen molar-refractivity contribution in [1.29, 1.82) is 0 Å². The Hall–Kier alpha value is -3.64. The highest BCUT2D eigenvalue weighted by atomic mass is 79.9. The molecule has 0 aliphatic heterocycles. The van der Waals surface area contributed by atoms with Crippen LogP contribution in [0.25, 0.3) is 10.8 Å². The lowest BCUT2D eigenvalue weighted by molar-refractivity contribution is -0.0480. The zero-order chi connectivity index (χ0) is 36.1. The van der Waals surface area contributed by atoms with Gasteiger partial charge in [-0.2, -0.15) is 0 Å². The number of carbonyl (C=O) groups is 2. The molecule has 0 bridgehead atoms. The molecule has 1 heterocycles. The van der Waals surface area contributed by atoms with E-state index in [0.717, 1.165) is 10.0 Å². The van der Waals surface area contributed by atoms with Crippen molar-refractivity contribution in [3.05, 3.63) is 104 Å². The van der Waals surface area contributed by atoms with E-state index >= 15 is 9.18 Å². The molecule has 4 aromatic rings. The van der Waals surface area contributed by atoms with E-state index in [1.807, 2.05) is 69.3 Å². The summed E-state index contributed by atoms with van der Waals surface area (Å²) in [6.07, 6.45) is 0.458. The summed E-state index contributed by atoms with van der Waals surface area (Å²) in [5.41, 5.74) is 0.345. The van der Waals surface area contributed by atoms with Gasteiger partial charge in [-0.1, -0.05) is 73.1 Å². The second-order valence-electron chi connectivity index (χ2n) is 15.7. The molecule has 1 aromatic heterocycles. The maximum Gasteiger partial charge on any atom is 0.265 e. The van der Waals surface area contributed by atoms with Crippen LogP contribution in [0.2, 0.25) is 18.1 Å². The number of aryl methyl sites for hydroxylation is 1. The molecule has 0 saturated heterocycles. The lowest BCUT2D eigenvalue weighted by Crippen LogP contribution is -2.65. The second kappa shape index (κ2) is 12.0. The topological polar surface area (TPSA) is 102 Å². The van der Waals surface area contributed by atoms with Crippen LogP contribution in [0.5, 0.6) is 5.88 Å². The van der Waals surface area contributed by atoms with E-state index in [1.165, 1.54) is 0 Å². The summed E-state index contributed by atoms with van der Waals surface area (Å²) in [4.78, 5) is 32.0. The molecular formula is C39H42BrFN2O6Si. The molecule has 50 heavy (non-hydrogen) atoms. The van der Waals surface area contributed by atoms with Crippen LogP contribution < -0.4 is 4.74 Å². The standard InChI is InChI=1S/C39H42BrFN2O6Si/c1-20-25-18-23(40)14-15-24(25)31(41)26-16-22-17-27-32(43(5)6)34-30(37(42-48-34)47-19-21-12-10-9-11-13-21)36(46)39(27,49-50(7,8)38(2,3)4)35(45)29(22)33(44)28(20)26/h9-15,18,22,27,32,45H,16-17,19H2,1-8H3/t22-,27-,32-,39-/m0/s1. The smallest absolute Gasteiger partial charge is 0.265 e. The number of aliphatic hydroxyl groups is 1. The van der Waals surface area contributed by atoms with Crippen LogP contribution in [0.3, 0.4) is 0 Å². The van der Waals surface area contributed by atoms with Gasteiger partial charge in [-0.25, -0.2) is 4.39 Å². The number of ether oxygens (including phenoxy) is 1. The molecule has 0 saturated carbocycles. The zero-order valence-electron chi connectivity index (χ0n) is 29.6. The van der Waals surface area contributed by atoms with Crippen LogP contribution in [-0.4, -0.2) is 54.7 Å². The summed E-state index contributed by atoms with van der Waals surface area (Å²) in [5, 5.41) is 17.7. The maximum absolute atomic E-state index is 16.4. The van der Waals surface area contributed by atoms with E-state index in [4.69, 9.17) is 13.7 Å². The Labute approximate surface area is 300 Å². The predicted octanol–water partition coefficient (Wildman–Crippen LogP) is 9.06. The number of Topliss-reactive ketones (excluding diaryl/α,β-unsaturated/α-hetero) is 2. The van der Waals surface area contributed by atoms with Crippen LogP contribution in [0.15, 0.2) is 68.9 Å². The fourth-order valence-electron chi connectivity index (χ4n) is 8.01. The van der Waals surface area contributed by atoms with Crippen molar-refractivity contribution in [3.8, 4) is 5.88 Å². The van der Waals surface area contributed by atoms with E-state index in [2.05, 4.69) is 41.9 Å². The van der Waals surface area contributed by atoms with Gasteiger partial charge in [-0.3, -0.25) is 14.5 Å². The Balaban J connectivity index is 1.46. The molecule has 3 aliphatic carbocycles. The molecule has 7 rings (SSSR count). The zero-order valence-corrected chi connectivity index (χ0v) is 32.2. The molecule has 0 radical (unpaired) electrons.